The Morgan fingerprint density at radius 3 is 2.70 bits per heavy atom. The first-order valence-electron chi connectivity index (χ1n) is 7.84. The lowest BCUT2D eigenvalue weighted by Gasteiger charge is -2.32. The summed E-state index contributed by atoms with van der Waals surface area (Å²) in [6, 6.07) is 8.04. The number of carbonyl (C=O) groups excluding carboxylic acids is 1. The molecule has 0 unspecified atom stereocenters. The second kappa shape index (κ2) is 7.01. The Balaban J connectivity index is 1.63. The maximum absolute atomic E-state index is 12.5. The summed E-state index contributed by atoms with van der Waals surface area (Å²) in [5.74, 6) is 0.0616. The number of halogens is 1. The van der Waals surface area contributed by atoms with E-state index in [1.165, 1.54) is 0 Å². The van der Waals surface area contributed by atoms with E-state index in [2.05, 4.69) is 9.55 Å². The molecule has 1 aliphatic heterocycles. The monoisotopic (exact) mass is 329 g/mol. The fraction of sp³-hybridized carbons (Fsp3) is 0.333. The first-order valence-corrected chi connectivity index (χ1v) is 8.22. The maximum Gasteiger partial charge on any atom is 0.246 e. The molecule has 0 spiro atoms. The second-order valence-electron chi connectivity index (χ2n) is 5.87. The van der Waals surface area contributed by atoms with Crippen molar-refractivity contribution in [2.45, 2.75) is 25.8 Å². The average molecular weight is 330 g/mol. The molecular formula is C18H20ClN3O. The highest BCUT2D eigenvalue weighted by Gasteiger charge is 2.22. The van der Waals surface area contributed by atoms with E-state index in [0.717, 1.165) is 37.1 Å². The molecule has 0 radical (unpaired) electrons. The zero-order valence-corrected chi connectivity index (χ0v) is 13.9. The van der Waals surface area contributed by atoms with E-state index in [1.807, 2.05) is 48.6 Å². The van der Waals surface area contributed by atoms with Gasteiger partial charge >= 0.3 is 0 Å². The van der Waals surface area contributed by atoms with Gasteiger partial charge in [-0.15, -0.1) is 0 Å². The number of imidazole rings is 1. The number of rotatable bonds is 3. The van der Waals surface area contributed by atoms with E-state index in [-0.39, 0.29) is 5.91 Å². The first kappa shape index (κ1) is 15.8. The van der Waals surface area contributed by atoms with Gasteiger partial charge in [-0.3, -0.25) is 4.79 Å². The van der Waals surface area contributed by atoms with Crippen LogP contribution in [0.15, 0.2) is 49.1 Å². The minimum absolute atomic E-state index is 0.0616. The summed E-state index contributed by atoms with van der Waals surface area (Å²) in [5, 5.41) is 0.674. The van der Waals surface area contributed by atoms with Crippen LogP contribution in [-0.4, -0.2) is 33.4 Å². The van der Waals surface area contributed by atoms with E-state index >= 15 is 0 Å². The maximum atomic E-state index is 12.5. The molecule has 0 N–H and O–H groups in total. The number of aromatic nitrogens is 2. The number of benzene rings is 1. The van der Waals surface area contributed by atoms with Gasteiger partial charge < -0.3 is 9.47 Å². The van der Waals surface area contributed by atoms with Gasteiger partial charge in [0.1, 0.15) is 0 Å². The van der Waals surface area contributed by atoms with Crippen LogP contribution in [0.1, 0.15) is 31.4 Å². The molecule has 3 rings (SSSR count). The average Bonchev–Trinajstić information content (AvgIpc) is 3.09. The topological polar surface area (TPSA) is 38.1 Å². The van der Waals surface area contributed by atoms with Crippen molar-refractivity contribution >= 4 is 23.1 Å². The summed E-state index contributed by atoms with van der Waals surface area (Å²) in [6.45, 7) is 3.47. The van der Waals surface area contributed by atoms with Gasteiger partial charge in [-0.05, 0) is 37.0 Å². The molecule has 1 aliphatic rings. The van der Waals surface area contributed by atoms with Crippen molar-refractivity contribution in [3.8, 4) is 0 Å². The van der Waals surface area contributed by atoms with E-state index in [0.29, 0.717) is 11.1 Å². The van der Waals surface area contributed by atoms with Crippen molar-refractivity contribution in [1.82, 2.24) is 14.5 Å². The summed E-state index contributed by atoms with van der Waals surface area (Å²) in [7, 11) is 0. The lowest BCUT2D eigenvalue weighted by Crippen LogP contribution is -2.38. The highest BCUT2D eigenvalue weighted by atomic mass is 35.5. The Hall–Kier alpha value is -2.07. The summed E-state index contributed by atoms with van der Waals surface area (Å²) >= 11 is 6.19. The molecule has 5 heteroatoms. The number of likely N-dealkylation sites (tertiary alicyclic amines) is 1. The quantitative estimate of drug-likeness (QED) is 0.803. The van der Waals surface area contributed by atoms with Gasteiger partial charge in [0.25, 0.3) is 0 Å². The Labute approximate surface area is 141 Å². The normalized spacial score (nSPS) is 16.6. The molecule has 23 heavy (non-hydrogen) atoms. The largest absolute Gasteiger partial charge is 0.339 e. The zero-order chi connectivity index (χ0) is 16.2. The fourth-order valence-corrected chi connectivity index (χ4v) is 3.29. The highest BCUT2D eigenvalue weighted by molar-refractivity contribution is 6.32. The van der Waals surface area contributed by atoms with E-state index in [1.54, 1.807) is 12.3 Å². The molecule has 1 aromatic carbocycles. The summed E-state index contributed by atoms with van der Waals surface area (Å²) in [4.78, 5) is 18.5. The van der Waals surface area contributed by atoms with Crippen LogP contribution in [0.25, 0.3) is 5.57 Å². The summed E-state index contributed by atoms with van der Waals surface area (Å²) in [6.07, 6.45) is 9.25. The Kier molecular flexibility index (Phi) is 4.82. The molecule has 0 bridgehead atoms. The number of piperidine rings is 1. The van der Waals surface area contributed by atoms with Crippen LogP contribution in [0, 0.1) is 0 Å². The predicted octanol–water partition coefficient (Wildman–Crippen LogP) is 3.80. The molecule has 1 saturated heterocycles. The van der Waals surface area contributed by atoms with Crippen LogP contribution in [0.4, 0.5) is 0 Å². The number of allylic oxidation sites excluding steroid dienone is 1. The van der Waals surface area contributed by atoms with Gasteiger partial charge in [-0.1, -0.05) is 29.8 Å². The Morgan fingerprint density at radius 1 is 1.30 bits per heavy atom. The van der Waals surface area contributed by atoms with E-state index in [9.17, 15) is 4.79 Å². The van der Waals surface area contributed by atoms with Crippen LogP contribution in [0.3, 0.4) is 0 Å². The standard InChI is InChI=1S/C18H20ClN3O/c1-14(16-4-2-3-5-17(16)19)12-18(23)21-9-6-15(7-10-21)22-11-8-20-13-22/h2-5,8,11-13,15H,6-7,9-10H2,1H3/b14-12+. The first-order chi connectivity index (χ1) is 11.1. The van der Waals surface area contributed by atoms with Gasteiger partial charge in [0, 0.05) is 42.6 Å². The minimum Gasteiger partial charge on any atom is -0.339 e. The number of carbonyl (C=O) groups is 1. The smallest absolute Gasteiger partial charge is 0.246 e. The molecule has 0 saturated carbocycles. The molecular weight excluding hydrogens is 310 g/mol. The van der Waals surface area contributed by atoms with Gasteiger partial charge in [0.05, 0.1) is 6.33 Å². The van der Waals surface area contributed by atoms with Gasteiger partial charge in [0.15, 0.2) is 0 Å². The van der Waals surface area contributed by atoms with Gasteiger partial charge in [-0.2, -0.15) is 0 Å². The third-order valence-electron chi connectivity index (χ3n) is 4.36. The third kappa shape index (κ3) is 3.64. The molecule has 2 aromatic rings. The molecule has 4 nitrogen and oxygen atoms in total. The number of hydrogen-bond acceptors (Lipinski definition) is 2. The van der Waals surface area contributed by atoms with Crippen molar-refractivity contribution in [2.75, 3.05) is 13.1 Å². The van der Waals surface area contributed by atoms with Gasteiger partial charge in [0.2, 0.25) is 5.91 Å². The molecule has 0 atom stereocenters. The fourth-order valence-electron chi connectivity index (χ4n) is 3.01. The van der Waals surface area contributed by atoms with Crippen LogP contribution in [0.5, 0.6) is 0 Å². The SMILES string of the molecule is C/C(=C\C(=O)N1CCC(n2ccnc2)CC1)c1ccccc1Cl. The second-order valence-corrected chi connectivity index (χ2v) is 6.28. The van der Waals surface area contributed by atoms with Crippen molar-refractivity contribution in [2.24, 2.45) is 0 Å². The zero-order valence-electron chi connectivity index (χ0n) is 13.2. The Bertz CT molecular complexity index is 701. The molecule has 1 aromatic heterocycles. The third-order valence-corrected chi connectivity index (χ3v) is 4.69. The van der Waals surface area contributed by atoms with Crippen LogP contribution in [-0.2, 0) is 4.79 Å². The molecule has 0 aliphatic carbocycles. The minimum atomic E-state index is 0.0616. The van der Waals surface area contributed by atoms with E-state index < -0.39 is 0 Å². The Morgan fingerprint density at radius 2 is 2.04 bits per heavy atom. The van der Waals surface area contributed by atoms with Gasteiger partial charge in [-0.25, -0.2) is 4.98 Å². The number of hydrogen-bond donors (Lipinski definition) is 0. The van der Waals surface area contributed by atoms with Crippen molar-refractivity contribution < 1.29 is 4.79 Å². The lowest BCUT2D eigenvalue weighted by molar-refractivity contribution is -0.127. The summed E-state index contributed by atoms with van der Waals surface area (Å²) in [5.41, 5.74) is 1.81. The van der Waals surface area contributed by atoms with Crippen LogP contribution < -0.4 is 0 Å². The van der Waals surface area contributed by atoms with Crippen molar-refractivity contribution in [1.29, 1.82) is 0 Å². The van der Waals surface area contributed by atoms with E-state index in [4.69, 9.17) is 11.6 Å². The molecule has 1 fully saturated rings. The van der Waals surface area contributed by atoms with Crippen LogP contribution >= 0.6 is 11.6 Å². The molecule has 120 valence electrons. The predicted molar refractivity (Wildman–Crippen MR) is 92.2 cm³/mol. The van der Waals surface area contributed by atoms with Crippen LogP contribution in [0.2, 0.25) is 5.02 Å². The highest BCUT2D eigenvalue weighted by Crippen LogP contribution is 2.25. The number of nitrogens with zero attached hydrogens (tertiary/aromatic N) is 3. The molecule has 1 amide bonds. The molecule has 2 heterocycles. The number of amides is 1. The summed E-state index contributed by atoms with van der Waals surface area (Å²) < 4.78 is 2.13. The van der Waals surface area contributed by atoms with Crippen molar-refractivity contribution in [3.63, 3.8) is 0 Å². The lowest BCUT2D eigenvalue weighted by atomic mass is 10.0. The van der Waals surface area contributed by atoms with Crippen molar-refractivity contribution in [3.05, 3.63) is 59.6 Å².